The summed E-state index contributed by atoms with van der Waals surface area (Å²) in [7, 11) is 0. The highest BCUT2D eigenvalue weighted by Crippen LogP contribution is 2.29. The fourth-order valence-electron chi connectivity index (χ4n) is 2.50. The summed E-state index contributed by atoms with van der Waals surface area (Å²) in [6.07, 6.45) is 0.830. The molecule has 0 spiro atoms. The summed E-state index contributed by atoms with van der Waals surface area (Å²) >= 11 is 0. The van der Waals surface area contributed by atoms with E-state index in [1.54, 1.807) is 0 Å². The van der Waals surface area contributed by atoms with Crippen LogP contribution in [0.25, 0.3) is 0 Å². The Bertz CT molecular complexity index is 602. The molecule has 0 amide bonds. The molecule has 0 fully saturated rings. The van der Waals surface area contributed by atoms with E-state index in [4.69, 9.17) is 4.74 Å². The van der Waals surface area contributed by atoms with Crippen LogP contribution in [0.3, 0.4) is 0 Å². The summed E-state index contributed by atoms with van der Waals surface area (Å²) in [6.45, 7) is 2.54. The molecule has 2 aromatic carbocycles. The Balaban J connectivity index is 1.74. The van der Waals surface area contributed by atoms with E-state index in [2.05, 4.69) is 0 Å². The van der Waals surface area contributed by atoms with Gasteiger partial charge in [-0.05, 0) is 35.7 Å². The summed E-state index contributed by atoms with van der Waals surface area (Å²) in [6, 6.07) is 15.9. The summed E-state index contributed by atoms with van der Waals surface area (Å²) in [5, 5.41) is 0. The second-order valence-corrected chi connectivity index (χ2v) is 5.06. The van der Waals surface area contributed by atoms with Gasteiger partial charge in [-0.25, -0.2) is 0 Å². The minimum atomic E-state index is 0.111. The molecule has 3 rings (SSSR count). The first-order valence-corrected chi connectivity index (χ1v) is 6.58. The molecule has 0 aliphatic heterocycles. The number of rotatable bonds is 3. The Morgan fingerprint density at radius 3 is 2.74 bits per heavy atom. The van der Waals surface area contributed by atoms with Crippen LogP contribution < -0.4 is 4.74 Å². The van der Waals surface area contributed by atoms with Crippen molar-refractivity contribution in [3.63, 3.8) is 0 Å². The normalized spacial score (nSPS) is 17.3. The van der Waals surface area contributed by atoms with E-state index in [1.807, 2.05) is 55.5 Å². The molecule has 1 atom stereocenters. The molecule has 0 aromatic heterocycles. The fourth-order valence-corrected chi connectivity index (χ4v) is 2.50. The monoisotopic (exact) mass is 252 g/mol. The van der Waals surface area contributed by atoms with Crippen LogP contribution in [0.4, 0.5) is 0 Å². The first kappa shape index (κ1) is 12.0. The maximum atomic E-state index is 11.8. The average molecular weight is 252 g/mol. The van der Waals surface area contributed by atoms with Crippen LogP contribution >= 0.6 is 0 Å². The quantitative estimate of drug-likeness (QED) is 0.833. The average Bonchev–Trinajstić information content (AvgIpc) is 2.73. The fraction of sp³-hybridized carbons (Fsp3) is 0.235. The molecule has 2 aromatic rings. The summed E-state index contributed by atoms with van der Waals surface area (Å²) in [5.74, 6) is 1.20. The first-order chi connectivity index (χ1) is 9.24. The van der Waals surface area contributed by atoms with Gasteiger partial charge in [0.25, 0.3) is 0 Å². The van der Waals surface area contributed by atoms with Gasteiger partial charge >= 0.3 is 0 Å². The molecular formula is C17H16O2. The number of Topliss-reactive ketones (excluding diaryl/α,β-unsaturated/α-hetero) is 1. The highest BCUT2D eigenvalue weighted by molar-refractivity contribution is 6.02. The highest BCUT2D eigenvalue weighted by Gasteiger charge is 2.26. The summed E-state index contributed by atoms with van der Waals surface area (Å²) in [4.78, 5) is 11.8. The van der Waals surface area contributed by atoms with Gasteiger partial charge in [0.2, 0.25) is 0 Å². The first-order valence-electron chi connectivity index (χ1n) is 6.58. The second-order valence-electron chi connectivity index (χ2n) is 5.06. The zero-order chi connectivity index (χ0) is 13.2. The van der Waals surface area contributed by atoms with Crippen molar-refractivity contribution in [1.82, 2.24) is 0 Å². The van der Waals surface area contributed by atoms with Gasteiger partial charge < -0.3 is 4.74 Å². The minimum absolute atomic E-state index is 0.111. The molecule has 1 aliphatic rings. The molecule has 2 heteroatoms. The predicted octanol–water partition coefficient (Wildman–Crippen LogP) is 3.64. The molecule has 96 valence electrons. The molecule has 2 nitrogen and oxygen atoms in total. The molecule has 19 heavy (non-hydrogen) atoms. The lowest BCUT2D eigenvalue weighted by Gasteiger charge is -2.07. The van der Waals surface area contributed by atoms with Gasteiger partial charge in [-0.15, -0.1) is 0 Å². The van der Waals surface area contributed by atoms with E-state index in [9.17, 15) is 4.79 Å². The van der Waals surface area contributed by atoms with Crippen molar-refractivity contribution in [1.29, 1.82) is 0 Å². The number of hydrogen-bond acceptors (Lipinski definition) is 2. The van der Waals surface area contributed by atoms with Crippen molar-refractivity contribution in [2.75, 3.05) is 0 Å². The van der Waals surface area contributed by atoms with E-state index in [-0.39, 0.29) is 11.7 Å². The SMILES string of the molecule is CC1Cc2cc(OCc3ccccc3)ccc2C1=O. The van der Waals surface area contributed by atoms with Gasteiger partial charge in [-0.3, -0.25) is 4.79 Å². The van der Waals surface area contributed by atoms with Gasteiger partial charge in [0.05, 0.1) is 0 Å². The number of carbonyl (C=O) groups is 1. The number of ether oxygens (including phenoxy) is 1. The van der Waals surface area contributed by atoms with Crippen molar-refractivity contribution in [2.24, 2.45) is 5.92 Å². The van der Waals surface area contributed by atoms with Crippen molar-refractivity contribution in [3.8, 4) is 5.75 Å². The predicted molar refractivity (Wildman–Crippen MR) is 74.4 cm³/mol. The zero-order valence-corrected chi connectivity index (χ0v) is 10.9. The standard InChI is InChI=1S/C17H16O2/c1-12-9-14-10-15(7-8-16(14)17(12)18)19-11-13-5-3-2-4-6-13/h2-8,10,12H,9,11H2,1H3. The Kier molecular flexibility index (Phi) is 3.08. The van der Waals surface area contributed by atoms with Crippen LogP contribution in [-0.2, 0) is 13.0 Å². The molecule has 1 aliphatic carbocycles. The van der Waals surface area contributed by atoms with Crippen LogP contribution in [0.1, 0.15) is 28.4 Å². The molecular weight excluding hydrogens is 236 g/mol. The largest absolute Gasteiger partial charge is 0.489 e. The highest BCUT2D eigenvalue weighted by atomic mass is 16.5. The molecule has 0 heterocycles. The van der Waals surface area contributed by atoms with Gasteiger partial charge in [-0.1, -0.05) is 37.3 Å². The van der Waals surface area contributed by atoms with E-state index >= 15 is 0 Å². The minimum Gasteiger partial charge on any atom is -0.489 e. The maximum Gasteiger partial charge on any atom is 0.166 e. The van der Waals surface area contributed by atoms with Crippen molar-refractivity contribution < 1.29 is 9.53 Å². The van der Waals surface area contributed by atoms with E-state index in [0.29, 0.717) is 6.61 Å². The number of fused-ring (bicyclic) bond motifs is 1. The van der Waals surface area contributed by atoms with Crippen molar-refractivity contribution in [3.05, 3.63) is 65.2 Å². The third kappa shape index (κ3) is 2.39. The van der Waals surface area contributed by atoms with Crippen LogP contribution in [0.15, 0.2) is 48.5 Å². The van der Waals surface area contributed by atoms with Gasteiger partial charge in [0, 0.05) is 11.5 Å². The zero-order valence-electron chi connectivity index (χ0n) is 10.9. The van der Waals surface area contributed by atoms with Crippen LogP contribution in [0.2, 0.25) is 0 Å². The van der Waals surface area contributed by atoms with E-state index in [1.165, 1.54) is 0 Å². The molecule has 0 radical (unpaired) electrons. The number of carbonyl (C=O) groups excluding carboxylic acids is 1. The smallest absolute Gasteiger partial charge is 0.166 e. The number of hydrogen-bond donors (Lipinski definition) is 0. The van der Waals surface area contributed by atoms with Crippen LogP contribution in [-0.4, -0.2) is 5.78 Å². The maximum absolute atomic E-state index is 11.8. The Labute approximate surface area is 113 Å². The van der Waals surface area contributed by atoms with E-state index < -0.39 is 0 Å². The third-order valence-electron chi connectivity index (χ3n) is 3.56. The number of ketones is 1. The molecule has 0 saturated heterocycles. The van der Waals surface area contributed by atoms with Gasteiger partial charge in [0.15, 0.2) is 5.78 Å². The van der Waals surface area contributed by atoms with Crippen LogP contribution in [0, 0.1) is 5.92 Å². The molecule has 0 saturated carbocycles. The Morgan fingerprint density at radius 2 is 1.95 bits per heavy atom. The summed E-state index contributed by atoms with van der Waals surface area (Å²) in [5.41, 5.74) is 3.12. The Morgan fingerprint density at radius 1 is 1.16 bits per heavy atom. The summed E-state index contributed by atoms with van der Waals surface area (Å²) < 4.78 is 5.78. The molecule has 0 bridgehead atoms. The lowest BCUT2D eigenvalue weighted by Crippen LogP contribution is -2.02. The molecule has 1 unspecified atom stereocenters. The molecule has 0 N–H and O–H groups in total. The van der Waals surface area contributed by atoms with Crippen molar-refractivity contribution in [2.45, 2.75) is 20.0 Å². The van der Waals surface area contributed by atoms with Gasteiger partial charge in [-0.2, -0.15) is 0 Å². The Hall–Kier alpha value is -2.09. The lowest BCUT2D eigenvalue weighted by molar-refractivity contribution is 0.0946. The van der Waals surface area contributed by atoms with Crippen LogP contribution in [0.5, 0.6) is 5.75 Å². The van der Waals surface area contributed by atoms with E-state index in [0.717, 1.165) is 28.9 Å². The second kappa shape index (κ2) is 4.88. The van der Waals surface area contributed by atoms with Gasteiger partial charge in [0.1, 0.15) is 12.4 Å². The topological polar surface area (TPSA) is 26.3 Å². The van der Waals surface area contributed by atoms with Crippen molar-refractivity contribution >= 4 is 5.78 Å². The lowest BCUT2D eigenvalue weighted by atomic mass is 10.1. The third-order valence-corrected chi connectivity index (χ3v) is 3.56. The number of benzene rings is 2.